The highest BCUT2D eigenvalue weighted by atomic mass is 32.2. The van der Waals surface area contributed by atoms with E-state index >= 15 is 0 Å². The number of hydrogen-bond donors (Lipinski definition) is 0. The van der Waals surface area contributed by atoms with Crippen molar-refractivity contribution in [3.05, 3.63) is 59.7 Å². The summed E-state index contributed by atoms with van der Waals surface area (Å²) in [6, 6.07) is 9.06. The van der Waals surface area contributed by atoms with Crippen molar-refractivity contribution < 1.29 is 0 Å². The van der Waals surface area contributed by atoms with Gasteiger partial charge >= 0.3 is 0 Å². The number of nitrogens with zero attached hydrogens (tertiary/aromatic N) is 2. The highest BCUT2D eigenvalue weighted by Crippen LogP contribution is 2.44. The zero-order chi connectivity index (χ0) is 15.4. The van der Waals surface area contributed by atoms with E-state index in [0.29, 0.717) is 6.04 Å². The number of anilines is 1. The molecule has 0 amide bonds. The molecule has 0 spiro atoms. The molecule has 0 bridgehead atoms. The van der Waals surface area contributed by atoms with Crippen LogP contribution in [0.4, 0.5) is 5.69 Å². The molecule has 112 valence electrons. The normalized spacial score (nSPS) is 16.5. The maximum absolute atomic E-state index is 3.99. The lowest BCUT2D eigenvalue weighted by atomic mass is 10.2. The van der Waals surface area contributed by atoms with E-state index in [1.54, 1.807) is 11.8 Å². The number of rotatable bonds is 5. The molecule has 1 heterocycles. The number of benzene rings is 1. The fourth-order valence-corrected chi connectivity index (χ4v) is 3.33. The molecule has 0 saturated carbocycles. The molecule has 3 heteroatoms. The molecule has 2 rings (SSSR count). The highest BCUT2D eigenvalue weighted by Gasteiger charge is 2.24. The van der Waals surface area contributed by atoms with Crippen molar-refractivity contribution in [2.24, 2.45) is 0 Å². The van der Waals surface area contributed by atoms with Crippen molar-refractivity contribution in [3.63, 3.8) is 0 Å². The molecule has 1 aromatic carbocycles. The summed E-state index contributed by atoms with van der Waals surface area (Å²) in [4.78, 5) is 7.18. The van der Waals surface area contributed by atoms with Gasteiger partial charge in [0.05, 0.1) is 11.4 Å². The van der Waals surface area contributed by atoms with Crippen molar-refractivity contribution in [2.75, 3.05) is 25.5 Å². The van der Waals surface area contributed by atoms with Gasteiger partial charge in [-0.1, -0.05) is 42.6 Å². The van der Waals surface area contributed by atoms with E-state index in [-0.39, 0.29) is 0 Å². The van der Waals surface area contributed by atoms with Gasteiger partial charge in [-0.25, -0.2) is 0 Å². The molecule has 2 nitrogen and oxygen atoms in total. The van der Waals surface area contributed by atoms with Crippen LogP contribution in [0.25, 0.3) is 0 Å². The van der Waals surface area contributed by atoms with Gasteiger partial charge in [0.25, 0.3) is 0 Å². The Hall–Kier alpha value is -1.45. The first-order valence-corrected chi connectivity index (χ1v) is 8.10. The van der Waals surface area contributed by atoms with Gasteiger partial charge in [0.15, 0.2) is 0 Å². The summed E-state index contributed by atoms with van der Waals surface area (Å²) >= 11 is 1.80. The Bertz CT molecular complexity index is 572. The fourth-order valence-electron chi connectivity index (χ4n) is 2.30. The zero-order valence-corrected chi connectivity index (χ0v) is 14.2. The summed E-state index contributed by atoms with van der Waals surface area (Å²) in [7, 11) is 4.26. The predicted octanol–water partition coefficient (Wildman–Crippen LogP) is 4.52. The number of para-hydroxylation sites is 1. The van der Waals surface area contributed by atoms with Crippen LogP contribution in [-0.4, -0.2) is 31.6 Å². The van der Waals surface area contributed by atoms with Crippen LogP contribution in [0, 0.1) is 0 Å². The van der Waals surface area contributed by atoms with Crippen LogP contribution in [0.5, 0.6) is 0 Å². The van der Waals surface area contributed by atoms with Crippen molar-refractivity contribution in [1.82, 2.24) is 4.90 Å². The summed E-state index contributed by atoms with van der Waals surface area (Å²) in [5.74, 6) is 0. The number of thioether (sulfide) groups is 1. The van der Waals surface area contributed by atoms with Crippen LogP contribution in [0.3, 0.4) is 0 Å². The minimum absolute atomic E-state index is 0.465. The van der Waals surface area contributed by atoms with E-state index in [9.17, 15) is 0 Å². The Morgan fingerprint density at radius 2 is 2.05 bits per heavy atom. The smallest absolute Gasteiger partial charge is 0.0553 e. The molecule has 0 saturated heterocycles. The van der Waals surface area contributed by atoms with Gasteiger partial charge in [-0.15, -0.1) is 0 Å². The topological polar surface area (TPSA) is 6.48 Å². The van der Waals surface area contributed by atoms with Gasteiger partial charge in [0, 0.05) is 22.4 Å². The molecule has 1 unspecified atom stereocenters. The molecule has 0 aliphatic carbocycles. The Kier molecular flexibility index (Phi) is 5.32. The van der Waals surface area contributed by atoms with Crippen LogP contribution >= 0.6 is 11.8 Å². The second kappa shape index (κ2) is 7.01. The minimum atomic E-state index is 0.465. The largest absolute Gasteiger partial charge is 0.338 e. The van der Waals surface area contributed by atoms with Crippen molar-refractivity contribution in [1.29, 1.82) is 0 Å². The van der Waals surface area contributed by atoms with Gasteiger partial charge in [-0.3, -0.25) is 0 Å². The van der Waals surface area contributed by atoms with Crippen molar-refractivity contribution in [3.8, 4) is 0 Å². The van der Waals surface area contributed by atoms with E-state index < -0.39 is 0 Å². The van der Waals surface area contributed by atoms with Gasteiger partial charge in [0.1, 0.15) is 0 Å². The highest BCUT2D eigenvalue weighted by molar-refractivity contribution is 8.03. The third-order valence-electron chi connectivity index (χ3n) is 3.76. The average Bonchev–Trinajstić information content (AvgIpc) is 2.48. The third kappa shape index (κ3) is 3.42. The number of allylic oxidation sites excluding steroid dienone is 3. The molecule has 0 N–H and O–H groups in total. The molecule has 1 aliphatic heterocycles. The maximum atomic E-state index is 3.99. The van der Waals surface area contributed by atoms with E-state index in [1.807, 2.05) is 6.08 Å². The lowest BCUT2D eigenvalue weighted by molar-refractivity contribution is 0.318. The molecular formula is C18H24N2S. The summed E-state index contributed by atoms with van der Waals surface area (Å²) in [5.41, 5.74) is 2.53. The number of hydrogen-bond acceptors (Lipinski definition) is 3. The zero-order valence-electron chi connectivity index (χ0n) is 13.3. The monoisotopic (exact) mass is 300 g/mol. The lowest BCUT2D eigenvalue weighted by Gasteiger charge is -2.36. The van der Waals surface area contributed by atoms with Crippen LogP contribution in [0.1, 0.15) is 13.8 Å². The molecule has 1 aliphatic rings. The van der Waals surface area contributed by atoms with Gasteiger partial charge < -0.3 is 9.80 Å². The maximum Gasteiger partial charge on any atom is 0.0553 e. The Labute approximate surface area is 132 Å². The SMILES string of the molecule is C=CC1=C(/C=C\C)N(CC(C)N(C)C)c2ccccc2S1. The predicted molar refractivity (Wildman–Crippen MR) is 94.8 cm³/mol. The molecule has 1 atom stereocenters. The minimum Gasteiger partial charge on any atom is -0.338 e. The molecule has 0 radical (unpaired) electrons. The number of likely N-dealkylation sites (N-methyl/N-ethyl adjacent to an activating group) is 1. The van der Waals surface area contributed by atoms with E-state index in [4.69, 9.17) is 0 Å². The van der Waals surface area contributed by atoms with Crippen LogP contribution in [-0.2, 0) is 0 Å². The molecule has 21 heavy (non-hydrogen) atoms. The Morgan fingerprint density at radius 1 is 1.33 bits per heavy atom. The fraction of sp³-hybridized carbons (Fsp3) is 0.333. The quantitative estimate of drug-likeness (QED) is 0.789. The van der Waals surface area contributed by atoms with Gasteiger partial charge in [-0.2, -0.15) is 0 Å². The van der Waals surface area contributed by atoms with Crippen LogP contribution in [0.15, 0.2) is 64.6 Å². The summed E-state index contributed by atoms with van der Waals surface area (Å²) in [6.45, 7) is 9.27. The van der Waals surface area contributed by atoms with E-state index in [1.165, 1.54) is 21.2 Å². The lowest BCUT2D eigenvalue weighted by Crippen LogP contribution is -2.39. The second-order valence-electron chi connectivity index (χ2n) is 5.45. The van der Waals surface area contributed by atoms with Crippen molar-refractivity contribution in [2.45, 2.75) is 24.8 Å². The van der Waals surface area contributed by atoms with Gasteiger partial charge in [0.2, 0.25) is 0 Å². The van der Waals surface area contributed by atoms with Crippen LogP contribution < -0.4 is 4.90 Å². The van der Waals surface area contributed by atoms with E-state index in [0.717, 1.165) is 6.54 Å². The van der Waals surface area contributed by atoms with Gasteiger partial charge in [-0.05, 0) is 46.2 Å². The van der Waals surface area contributed by atoms with Crippen molar-refractivity contribution >= 4 is 17.4 Å². The Morgan fingerprint density at radius 3 is 2.67 bits per heavy atom. The van der Waals surface area contributed by atoms with E-state index in [2.05, 4.69) is 80.7 Å². The molecule has 0 fully saturated rings. The van der Waals surface area contributed by atoms with Crippen LogP contribution in [0.2, 0.25) is 0 Å². The first kappa shape index (κ1) is 15.9. The molecular weight excluding hydrogens is 276 g/mol. The summed E-state index contributed by atoms with van der Waals surface area (Å²) in [6.07, 6.45) is 6.24. The average molecular weight is 300 g/mol. The third-order valence-corrected chi connectivity index (χ3v) is 4.92. The second-order valence-corrected chi connectivity index (χ2v) is 6.53. The summed E-state index contributed by atoms with van der Waals surface area (Å²) < 4.78 is 0. The standard InChI is InChI=1S/C18H24N2S/c1-6-10-15-17(7-2)21-18-12-9-8-11-16(18)20(15)13-14(3)19(4)5/h6-12,14H,2,13H2,1,3-5H3/b10-6-. The number of fused-ring (bicyclic) bond motifs is 1. The molecule has 0 aromatic heterocycles. The Balaban J connectivity index is 2.48. The first-order valence-electron chi connectivity index (χ1n) is 7.28. The first-order chi connectivity index (χ1) is 10.1. The summed E-state index contributed by atoms with van der Waals surface area (Å²) in [5, 5.41) is 0. The molecule has 1 aromatic rings.